The molecule has 1 unspecified atom stereocenters. The predicted molar refractivity (Wildman–Crippen MR) is 85.9 cm³/mol. The fraction of sp³-hybridized carbons (Fsp3) is 0.188. The van der Waals surface area contributed by atoms with Crippen LogP contribution in [0.25, 0.3) is 6.08 Å². The summed E-state index contributed by atoms with van der Waals surface area (Å²) >= 11 is 1.46. The van der Waals surface area contributed by atoms with Gasteiger partial charge in [-0.15, -0.1) is 11.8 Å². The van der Waals surface area contributed by atoms with E-state index in [2.05, 4.69) is 0 Å². The molecule has 0 spiro atoms. The topological polar surface area (TPSA) is 107 Å². The maximum atomic E-state index is 11.8. The first-order valence-electron chi connectivity index (χ1n) is 6.88. The number of carboxylic acids is 1. The molecule has 23 heavy (non-hydrogen) atoms. The molecule has 6 nitrogen and oxygen atoms in total. The third kappa shape index (κ3) is 2.63. The molecule has 0 saturated carbocycles. The van der Waals surface area contributed by atoms with E-state index in [4.69, 9.17) is 11.0 Å². The first-order chi connectivity index (χ1) is 11.0. The van der Waals surface area contributed by atoms with E-state index in [0.717, 1.165) is 5.56 Å². The van der Waals surface area contributed by atoms with Crippen LogP contribution in [0.4, 0.5) is 0 Å². The van der Waals surface area contributed by atoms with Crippen LogP contribution in [0, 0.1) is 11.3 Å². The fourth-order valence-electron chi connectivity index (χ4n) is 2.53. The number of nitrogens with zero attached hydrogens (tertiary/aromatic N) is 2. The zero-order valence-corrected chi connectivity index (χ0v) is 12.8. The minimum Gasteiger partial charge on any atom is -0.477 e. The van der Waals surface area contributed by atoms with E-state index in [-0.39, 0.29) is 17.0 Å². The van der Waals surface area contributed by atoms with Crippen LogP contribution < -0.4 is 5.73 Å². The van der Waals surface area contributed by atoms with Crippen LogP contribution in [0.5, 0.6) is 0 Å². The number of thioether (sulfide) groups is 1. The number of fused-ring (bicyclic) bond motifs is 1. The Kier molecular flexibility index (Phi) is 3.94. The van der Waals surface area contributed by atoms with Gasteiger partial charge in [0.2, 0.25) is 5.91 Å². The van der Waals surface area contributed by atoms with Crippen molar-refractivity contribution in [1.82, 2.24) is 4.90 Å². The van der Waals surface area contributed by atoms with Crippen LogP contribution in [-0.2, 0) is 9.59 Å². The number of benzene rings is 1. The van der Waals surface area contributed by atoms with Gasteiger partial charge in [0.25, 0.3) is 0 Å². The molecule has 3 N–H and O–H groups in total. The number of aliphatic carboxylic acids is 1. The van der Waals surface area contributed by atoms with Gasteiger partial charge in [-0.3, -0.25) is 9.69 Å². The van der Waals surface area contributed by atoms with Crippen molar-refractivity contribution in [3.8, 4) is 6.07 Å². The summed E-state index contributed by atoms with van der Waals surface area (Å²) < 4.78 is 0. The van der Waals surface area contributed by atoms with E-state index in [1.165, 1.54) is 16.7 Å². The summed E-state index contributed by atoms with van der Waals surface area (Å²) in [5, 5.41) is 17.9. The molecule has 7 heteroatoms. The normalized spacial score (nSPS) is 23.5. The van der Waals surface area contributed by atoms with Gasteiger partial charge in [0.05, 0.1) is 11.6 Å². The molecule has 116 valence electrons. The lowest BCUT2D eigenvalue weighted by Crippen LogP contribution is -2.68. The van der Waals surface area contributed by atoms with Gasteiger partial charge in [-0.2, -0.15) is 5.26 Å². The molecular formula is C16H13N3O3S. The number of amides is 1. The van der Waals surface area contributed by atoms with Gasteiger partial charge >= 0.3 is 5.97 Å². The lowest BCUT2D eigenvalue weighted by atomic mass is 10.0. The van der Waals surface area contributed by atoms with E-state index >= 15 is 0 Å². The molecule has 1 aromatic rings. The van der Waals surface area contributed by atoms with Crippen molar-refractivity contribution in [3.63, 3.8) is 0 Å². The molecule has 1 aromatic carbocycles. The number of hydrogen-bond acceptors (Lipinski definition) is 5. The van der Waals surface area contributed by atoms with Gasteiger partial charge in [-0.05, 0) is 23.3 Å². The van der Waals surface area contributed by atoms with E-state index in [1.54, 1.807) is 36.4 Å². The second kappa shape index (κ2) is 5.91. The Balaban J connectivity index is 1.90. The number of carboxylic acid groups (broad SMARTS) is 1. The van der Waals surface area contributed by atoms with Crippen LogP contribution in [0.1, 0.15) is 11.1 Å². The van der Waals surface area contributed by atoms with Crippen molar-refractivity contribution in [2.75, 3.05) is 5.75 Å². The highest BCUT2D eigenvalue weighted by Crippen LogP contribution is 2.39. The van der Waals surface area contributed by atoms with E-state index in [9.17, 15) is 14.7 Å². The summed E-state index contributed by atoms with van der Waals surface area (Å²) in [6.45, 7) is 0. The molecule has 2 aliphatic rings. The highest BCUT2D eigenvalue weighted by Gasteiger charge is 2.51. The predicted octanol–water partition coefficient (Wildman–Crippen LogP) is 1.15. The number of allylic oxidation sites excluding steroid dienone is 1. The second-order valence-electron chi connectivity index (χ2n) is 5.18. The molecule has 0 radical (unpaired) electrons. The fourth-order valence-corrected chi connectivity index (χ4v) is 3.80. The van der Waals surface area contributed by atoms with Crippen molar-refractivity contribution in [2.45, 2.75) is 11.4 Å². The summed E-state index contributed by atoms with van der Waals surface area (Å²) in [6, 6.07) is 8.35. The summed E-state index contributed by atoms with van der Waals surface area (Å²) in [5.74, 6) is -1.00. The Bertz CT molecular complexity index is 777. The Morgan fingerprint density at radius 3 is 2.70 bits per heavy atom. The van der Waals surface area contributed by atoms with Gasteiger partial charge in [0, 0.05) is 5.75 Å². The lowest BCUT2D eigenvalue weighted by molar-refractivity contribution is -0.147. The Hall–Kier alpha value is -2.56. The Morgan fingerprint density at radius 2 is 2.09 bits per heavy atom. The average Bonchev–Trinajstić information content (AvgIpc) is 2.58. The summed E-state index contributed by atoms with van der Waals surface area (Å²) in [4.78, 5) is 24.6. The number of carbonyl (C=O) groups is 2. The van der Waals surface area contributed by atoms with Gasteiger partial charge in [-0.25, -0.2) is 4.79 Å². The van der Waals surface area contributed by atoms with Gasteiger partial charge in [0.1, 0.15) is 17.1 Å². The third-order valence-corrected chi connectivity index (χ3v) is 5.08. The number of nitriles is 1. The molecule has 0 aromatic heterocycles. The summed E-state index contributed by atoms with van der Waals surface area (Å²) in [7, 11) is 0. The molecule has 0 bridgehead atoms. The van der Waals surface area contributed by atoms with Crippen molar-refractivity contribution < 1.29 is 14.7 Å². The smallest absolute Gasteiger partial charge is 0.352 e. The maximum absolute atomic E-state index is 11.8. The molecule has 2 heterocycles. The van der Waals surface area contributed by atoms with Gasteiger partial charge in [0.15, 0.2) is 0 Å². The number of nitrogens with two attached hydrogens (primary N) is 1. The molecule has 0 aliphatic carbocycles. The van der Waals surface area contributed by atoms with Crippen LogP contribution in [0.15, 0.2) is 41.6 Å². The van der Waals surface area contributed by atoms with Crippen molar-refractivity contribution in [2.24, 2.45) is 5.73 Å². The van der Waals surface area contributed by atoms with Crippen molar-refractivity contribution >= 4 is 29.7 Å². The molecule has 2 aliphatic heterocycles. The highest BCUT2D eigenvalue weighted by molar-refractivity contribution is 8.00. The minimum absolute atomic E-state index is 0.00495. The number of carbonyl (C=O) groups excluding carboxylic acids is 1. The molecular weight excluding hydrogens is 314 g/mol. The summed E-state index contributed by atoms with van der Waals surface area (Å²) in [6.07, 6.45) is 3.47. The van der Waals surface area contributed by atoms with Crippen LogP contribution in [-0.4, -0.2) is 39.1 Å². The zero-order chi connectivity index (χ0) is 16.6. The Morgan fingerprint density at radius 1 is 1.39 bits per heavy atom. The summed E-state index contributed by atoms with van der Waals surface area (Å²) in [5.41, 5.74) is 7.69. The standard InChI is InChI=1S/C16H13N3O3S/c17-7-10-3-1-9(2-4-10)5-6-11-8-23-15-12(18)14(20)19(15)13(11)16(21)22/h1-6,12,15H,8,18H2,(H,21,22)/t12?,15-/m0/s1. The van der Waals surface area contributed by atoms with E-state index < -0.39 is 12.0 Å². The molecule has 3 rings (SSSR count). The first kappa shape index (κ1) is 15.3. The van der Waals surface area contributed by atoms with E-state index in [0.29, 0.717) is 16.9 Å². The highest BCUT2D eigenvalue weighted by atomic mass is 32.2. The average molecular weight is 327 g/mol. The third-order valence-electron chi connectivity index (χ3n) is 3.76. The van der Waals surface area contributed by atoms with Gasteiger partial charge in [-0.1, -0.05) is 24.3 Å². The number of hydrogen-bond donors (Lipinski definition) is 2. The van der Waals surface area contributed by atoms with E-state index in [1.807, 2.05) is 6.07 Å². The second-order valence-corrected chi connectivity index (χ2v) is 6.29. The minimum atomic E-state index is -1.13. The largest absolute Gasteiger partial charge is 0.477 e. The first-order valence-corrected chi connectivity index (χ1v) is 7.92. The molecule has 1 saturated heterocycles. The van der Waals surface area contributed by atoms with Crippen LogP contribution in [0.3, 0.4) is 0 Å². The zero-order valence-electron chi connectivity index (χ0n) is 12.0. The van der Waals surface area contributed by atoms with Gasteiger partial charge < -0.3 is 10.8 Å². The quantitative estimate of drug-likeness (QED) is 0.807. The van der Waals surface area contributed by atoms with Crippen LogP contribution in [0.2, 0.25) is 0 Å². The maximum Gasteiger partial charge on any atom is 0.352 e. The number of rotatable bonds is 3. The molecule has 1 fully saturated rings. The molecule has 2 atom stereocenters. The Labute approximate surface area is 136 Å². The SMILES string of the molecule is N#Cc1ccc(C=CC2=C(C(=O)O)N3C(=O)C(N)[C@@H]3SC2)cc1. The van der Waals surface area contributed by atoms with Crippen LogP contribution >= 0.6 is 11.8 Å². The number of β-lactam (4-membered cyclic amide) rings is 1. The molecule has 1 amide bonds. The lowest BCUT2D eigenvalue weighted by Gasteiger charge is -2.47. The monoisotopic (exact) mass is 327 g/mol. The van der Waals surface area contributed by atoms with Crippen molar-refractivity contribution in [1.29, 1.82) is 5.26 Å². The van der Waals surface area contributed by atoms with Crippen molar-refractivity contribution in [3.05, 3.63) is 52.7 Å².